The second-order valence-electron chi connectivity index (χ2n) is 4.23. The third kappa shape index (κ3) is 6.17. The largest absolute Gasteiger partial charge is 0.460 e. The normalized spacial score (nSPS) is 11.5. The molecular weight excluding hydrogens is 266 g/mol. The van der Waals surface area contributed by atoms with Crippen molar-refractivity contribution in [2.45, 2.75) is 20.8 Å². The Morgan fingerprint density at radius 3 is 2.38 bits per heavy atom. The lowest BCUT2D eigenvalue weighted by Gasteiger charge is -2.14. The molecule has 4 nitrogen and oxygen atoms in total. The molecule has 0 radical (unpaired) electrons. The monoisotopic (exact) mass is 289 g/mol. The van der Waals surface area contributed by atoms with Crippen molar-refractivity contribution in [3.63, 3.8) is 0 Å². The van der Waals surface area contributed by atoms with Crippen molar-refractivity contribution in [1.29, 1.82) is 0 Å². The van der Waals surface area contributed by atoms with Crippen LogP contribution in [0.5, 0.6) is 5.75 Å². The molecule has 0 aliphatic rings. The number of carbonyl (C=O) groups is 1. The summed E-state index contributed by atoms with van der Waals surface area (Å²) < 4.78 is 10.6. The number of nitrogens with zero attached hydrogens (tertiary/aromatic N) is 1. The molecule has 4 heteroatoms. The fourth-order valence-electron chi connectivity index (χ4n) is 1.65. The third-order valence-corrected chi connectivity index (χ3v) is 2.80. The van der Waals surface area contributed by atoms with Crippen molar-refractivity contribution in [3.8, 4) is 5.75 Å². The van der Waals surface area contributed by atoms with Crippen molar-refractivity contribution in [2.24, 2.45) is 0 Å². The Kier molecular flexibility index (Phi) is 7.72. The number of allylic oxidation sites excluding steroid dienone is 2. The molecule has 0 heterocycles. The Hall–Kier alpha value is -2.23. The van der Waals surface area contributed by atoms with Gasteiger partial charge in [-0.25, -0.2) is 4.79 Å². The van der Waals surface area contributed by atoms with E-state index in [0.717, 1.165) is 13.1 Å². The van der Waals surface area contributed by atoms with Gasteiger partial charge in [0.15, 0.2) is 0 Å². The van der Waals surface area contributed by atoms with E-state index < -0.39 is 5.97 Å². The fourth-order valence-corrected chi connectivity index (χ4v) is 1.65. The van der Waals surface area contributed by atoms with Gasteiger partial charge in [-0.2, -0.15) is 0 Å². The van der Waals surface area contributed by atoms with Crippen LogP contribution in [-0.4, -0.2) is 30.6 Å². The summed E-state index contributed by atoms with van der Waals surface area (Å²) in [6.45, 7) is 8.05. The molecule has 0 spiro atoms. The highest BCUT2D eigenvalue weighted by atomic mass is 16.6. The molecule has 1 aromatic rings. The maximum absolute atomic E-state index is 11.9. The summed E-state index contributed by atoms with van der Waals surface area (Å²) in [5.41, 5.74) is 0. The number of carbonyl (C=O) groups excluding carboxylic acids is 1. The average molecular weight is 289 g/mol. The lowest BCUT2D eigenvalue weighted by Crippen LogP contribution is -2.15. The highest BCUT2D eigenvalue weighted by Gasteiger charge is 2.12. The maximum atomic E-state index is 11.9. The lowest BCUT2D eigenvalue weighted by molar-refractivity contribution is -0.141. The van der Waals surface area contributed by atoms with Crippen LogP contribution in [-0.2, 0) is 9.53 Å². The summed E-state index contributed by atoms with van der Waals surface area (Å²) in [5, 5.41) is 0. The number of esters is 1. The number of ether oxygens (including phenoxy) is 2. The van der Waals surface area contributed by atoms with Gasteiger partial charge in [-0.05, 0) is 51.3 Å². The van der Waals surface area contributed by atoms with Gasteiger partial charge in [-0.15, -0.1) is 0 Å². The molecule has 0 aliphatic carbocycles. The molecule has 0 unspecified atom stereocenters. The van der Waals surface area contributed by atoms with Crippen molar-refractivity contribution in [1.82, 2.24) is 4.90 Å². The quantitative estimate of drug-likeness (QED) is 0.318. The van der Waals surface area contributed by atoms with Crippen molar-refractivity contribution < 1.29 is 14.3 Å². The van der Waals surface area contributed by atoms with Gasteiger partial charge in [0, 0.05) is 13.1 Å². The topological polar surface area (TPSA) is 38.8 Å². The minimum absolute atomic E-state index is 0.173. The summed E-state index contributed by atoms with van der Waals surface area (Å²) >= 11 is 0. The van der Waals surface area contributed by atoms with Crippen molar-refractivity contribution >= 4 is 5.97 Å². The highest BCUT2D eigenvalue weighted by Crippen LogP contribution is 2.14. The minimum Gasteiger partial charge on any atom is -0.460 e. The van der Waals surface area contributed by atoms with Crippen LogP contribution in [0.1, 0.15) is 20.8 Å². The van der Waals surface area contributed by atoms with Crippen LogP contribution in [0.15, 0.2) is 54.4 Å². The predicted octanol–water partition coefficient (Wildman–Crippen LogP) is 3.37. The summed E-state index contributed by atoms with van der Waals surface area (Å²) in [4.78, 5) is 14.0. The molecule has 0 N–H and O–H groups in total. The van der Waals surface area contributed by atoms with Crippen LogP contribution in [0.3, 0.4) is 0 Å². The number of benzene rings is 1. The zero-order chi connectivity index (χ0) is 15.5. The van der Waals surface area contributed by atoms with Crippen LogP contribution in [0, 0.1) is 0 Å². The molecule has 1 rings (SSSR count). The van der Waals surface area contributed by atoms with Gasteiger partial charge >= 0.3 is 5.97 Å². The Labute approximate surface area is 126 Å². The second-order valence-corrected chi connectivity index (χ2v) is 4.23. The highest BCUT2D eigenvalue weighted by molar-refractivity contribution is 5.87. The zero-order valence-electron chi connectivity index (χ0n) is 12.9. The first-order valence-electron chi connectivity index (χ1n) is 7.23. The second kappa shape index (κ2) is 9.64. The number of para-hydroxylation sites is 1. The molecule has 0 atom stereocenters. The van der Waals surface area contributed by atoms with Crippen molar-refractivity contribution in [2.75, 3.05) is 19.7 Å². The number of hydrogen-bond donors (Lipinski definition) is 0. The molecule has 0 bridgehead atoms. The molecular formula is C17H23NO3. The Morgan fingerprint density at radius 2 is 1.81 bits per heavy atom. The summed E-state index contributed by atoms with van der Waals surface area (Å²) in [6.07, 6.45) is 5.35. The van der Waals surface area contributed by atoms with Crippen LogP contribution in [0.25, 0.3) is 0 Å². The fraction of sp³-hybridized carbons (Fsp3) is 0.353. The molecule has 21 heavy (non-hydrogen) atoms. The minimum atomic E-state index is -0.467. The van der Waals surface area contributed by atoms with E-state index in [1.807, 2.05) is 24.4 Å². The molecule has 0 saturated heterocycles. The molecule has 114 valence electrons. The number of rotatable bonds is 8. The smallest absolute Gasteiger partial charge is 0.374 e. The van der Waals surface area contributed by atoms with E-state index >= 15 is 0 Å². The van der Waals surface area contributed by atoms with E-state index in [9.17, 15) is 4.79 Å². The average Bonchev–Trinajstić information content (AvgIpc) is 2.51. The predicted molar refractivity (Wildman–Crippen MR) is 83.8 cm³/mol. The first-order valence-corrected chi connectivity index (χ1v) is 7.23. The van der Waals surface area contributed by atoms with Crippen LogP contribution in [0.4, 0.5) is 0 Å². The Bertz CT molecular complexity index is 476. The van der Waals surface area contributed by atoms with Gasteiger partial charge in [-0.3, -0.25) is 0 Å². The van der Waals surface area contributed by atoms with E-state index in [-0.39, 0.29) is 5.76 Å². The van der Waals surface area contributed by atoms with Gasteiger partial charge in [0.05, 0.1) is 6.61 Å². The van der Waals surface area contributed by atoms with Crippen LogP contribution < -0.4 is 4.74 Å². The third-order valence-electron chi connectivity index (χ3n) is 2.80. The summed E-state index contributed by atoms with van der Waals surface area (Å²) in [7, 11) is 0. The van der Waals surface area contributed by atoms with Gasteiger partial charge < -0.3 is 14.4 Å². The molecule has 0 fully saturated rings. The van der Waals surface area contributed by atoms with E-state index in [1.54, 1.807) is 31.2 Å². The molecule has 0 aromatic heterocycles. The van der Waals surface area contributed by atoms with Crippen LogP contribution in [0.2, 0.25) is 0 Å². The van der Waals surface area contributed by atoms with Gasteiger partial charge in [-0.1, -0.05) is 18.2 Å². The molecule has 1 aromatic carbocycles. The van der Waals surface area contributed by atoms with E-state index in [4.69, 9.17) is 9.47 Å². The maximum Gasteiger partial charge on any atom is 0.374 e. The molecule has 0 aliphatic heterocycles. The standard InChI is InChI=1S/C17H23NO3/c1-4-18(5-2)14-10-13-16(17(19)20-6-3)21-15-11-8-7-9-12-15/h7-14H,4-6H2,1-3H3/b14-10+,16-13+. The van der Waals surface area contributed by atoms with E-state index in [2.05, 4.69) is 18.7 Å². The first kappa shape index (κ1) is 16.8. The van der Waals surface area contributed by atoms with Crippen LogP contribution >= 0.6 is 0 Å². The van der Waals surface area contributed by atoms with E-state index in [0.29, 0.717) is 12.4 Å². The molecule has 0 saturated carbocycles. The Morgan fingerprint density at radius 1 is 1.14 bits per heavy atom. The molecule has 0 amide bonds. The zero-order valence-corrected chi connectivity index (χ0v) is 12.9. The SMILES string of the molecule is CCOC(=O)/C(=C\C=C\N(CC)CC)Oc1ccccc1. The van der Waals surface area contributed by atoms with Gasteiger partial charge in [0.25, 0.3) is 0 Å². The lowest BCUT2D eigenvalue weighted by atomic mass is 10.3. The van der Waals surface area contributed by atoms with Gasteiger partial charge in [0.1, 0.15) is 5.75 Å². The van der Waals surface area contributed by atoms with Gasteiger partial charge in [0.2, 0.25) is 5.76 Å². The Balaban J connectivity index is 2.84. The summed E-state index contributed by atoms with van der Waals surface area (Å²) in [5.74, 6) is 0.310. The first-order chi connectivity index (χ1) is 10.2. The number of hydrogen-bond acceptors (Lipinski definition) is 4. The van der Waals surface area contributed by atoms with Crippen molar-refractivity contribution in [3.05, 3.63) is 54.4 Å². The van der Waals surface area contributed by atoms with E-state index in [1.165, 1.54) is 0 Å². The summed E-state index contributed by atoms with van der Waals surface area (Å²) in [6, 6.07) is 9.18.